The van der Waals surface area contributed by atoms with Gasteiger partial charge in [-0.2, -0.15) is 18.4 Å². The number of alkyl halides is 3. The predicted molar refractivity (Wildman–Crippen MR) is 75.8 cm³/mol. The van der Waals surface area contributed by atoms with Crippen LogP contribution in [0.2, 0.25) is 0 Å². The van der Waals surface area contributed by atoms with E-state index in [1.807, 2.05) is 6.92 Å². The van der Waals surface area contributed by atoms with Crippen LogP contribution in [0.4, 0.5) is 18.9 Å². The number of benzene rings is 1. The molecule has 0 amide bonds. The van der Waals surface area contributed by atoms with Crippen molar-refractivity contribution < 1.29 is 13.2 Å². The third-order valence-corrected chi connectivity index (χ3v) is 4.19. The molecule has 114 valence electrons. The van der Waals surface area contributed by atoms with E-state index in [1.54, 1.807) is 6.07 Å². The van der Waals surface area contributed by atoms with Gasteiger partial charge in [0.1, 0.15) is 0 Å². The van der Waals surface area contributed by atoms with Crippen molar-refractivity contribution >= 4 is 5.69 Å². The van der Waals surface area contributed by atoms with E-state index >= 15 is 0 Å². The first kappa shape index (κ1) is 15.7. The molecule has 0 saturated heterocycles. The Morgan fingerprint density at radius 1 is 1.24 bits per heavy atom. The second-order valence-electron chi connectivity index (χ2n) is 5.70. The molecular weight excluding hydrogens is 277 g/mol. The van der Waals surface area contributed by atoms with Gasteiger partial charge in [0.05, 0.1) is 17.2 Å². The van der Waals surface area contributed by atoms with Crippen LogP contribution in [0.3, 0.4) is 0 Å². The van der Waals surface area contributed by atoms with Gasteiger partial charge in [-0.1, -0.05) is 19.3 Å². The summed E-state index contributed by atoms with van der Waals surface area (Å²) in [6.07, 6.45) is 1.18. The molecule has 1 atom stereocenters. The van der Waals surface area contributed by atoms with Gasteiger partial charge in [-0.25, -0.2) is 0 Å². The van der Waals surface area contributed by atoms with Crippen molar-refractivity contribution in [3.8, 4) is 6.07 Å². The van der Waals surface area contributed by atoms with Crippen molar-refractivity contribution in [3.63, 3.8) is 0 Å². The van der Waals surface area contributed by atoms with E-state index in [9.17, 15) is 13.2 Å². The van der Waals surface area contributed by atoms with Gasteiger partial charge in [-0.05, 0) is 43.9 Å². The van der Waals surface area contributed by atoms with Crippen molar-refractivity contribution in [1.82, 2.24) is 0 Å². The fourth-order valence-electron chi connectivity index (χ4n) is 2.97. The average Bonchev–Trinajstić information content (AvgIpc) is 2.47. The SMILES string of the molecule is CC(Nc1ccc(C#N)cc1C(F)(F)F)C1CCCCC1. The highest BCUT2D eigenvalue weighted by Gasteiger charge is 2.34. The van der Waals surface area contributed by atoms with Crippen LogP contribution < -0.4 is 5.32 Å². The molecule has 1 aliphatic rings. The highest BCUT2D eigenvalue weighted by atomic mass is 19.4. The summed E-state index contributed by atoms with van der Waals surface area (Å²) in [6.45, 7) is 1.94. The fraction of sp³-hybridized carbons (Fsp3) is 0.562. The number of hydrogen-bond acceptors (Lipinski definition) is 2. The molecule has 1 aromatic carbocycles. The summed E-state index contributed by atoms with van der Waals surface area (Å²) in [5.74, 6) is 0.412. The predicted octanol–water partition coefficient (Wildman–Crippen LogP) is 4.96. The van der Waals surface area contributed by atoms with E-state index < -0.39 is 11.7 Å². The molecule has 21 heavy (non-hydrogen) atoms. The molecule has 1 aromatic rings. The smallest absolute Gasteiger partial charge is 0.382 e. The molecule has 1 fully saturated rings. The first-order valence-electron chi connectivity index (χ1n) is 7.29. The molecule has 2 rings (SSSR count). The second-order valence-corrected chi connectivity index (χ2v) is 5.70. The van der Waals surface area contributed by atoms with Gasteiger partial charge >= 0.3 is 6.18 Å². The van der Waals surface area contributed by atoms with Crippen LogP contribution in [-0.4, -0.2) is 6.04 Å². The molecule has 0 spiro atoms. The molecule has 0 bridgehead atoms. The van der Waals surface area contributed by atoms with E-state index in [-0.39, 0.29) is 17.3 Å². The van der Waals surface area contributed by atoms with Crippen molar-refractivity contribution in [3.05, 3.63) is 29.3 Å². The number of hydrogen-bond donors (Lipinski definition) is 1. The minimum atomic E-state index is -4.46. The van der Waals surface area contributed by atoms with Crippen LogP contribution in [0, 0.1) is 17.2 Å². The molecule has 1 N–H and O–H groups in total. The molecule has 0 aliphatic heterocycles. The molecule has 1 saturated carbocycles. The van der Waals surface area contributed by atoms with Crippen molar-refractivity contribution in [2.75, 3.05) is 5.32 Å². The van der Waals surface area contributed by atoms with Crippen LogP contribution in [0.25, 0.3) is 0 Å². The van der Waals surface area contributed by atoms with Crippen LogP contribution in [-0.2, 0) is 6.18 Å². The average molecular weight is 296 g/mol. The van der Waals surface area contributed by atoms with Crippen molar-refractivity contribution in [1.29, 1.82) is 5.26 Å². The number of halogens is 3. The zero-order valence-electron chi connectivity index (χ0n) is 12.0. The molecule has 1 aliphatic carbocycles. The van der Waals surface area contributed by atoms with E-state index in [1.165, 1.54) is 18.6 Å². The largest absolute Gasteiger partial charge is 0.418 e. The molecule has 0 aromatic heterocycles. The molecule has 2 nitrogen and oxygen atoms in total. The third-order valence-electron chi connectivity index (χ3n) is 4.19. The van der Waals surface area contributed by atoms with Gasteiger partial charge in [0, 0.05) is 11.7 Å². The van der Waals surface area contributed by atoms with E-state index in [0.717, 1.165) is 31.7 Å². The fourth-order valence-corrected chi connectivity index (χ4v) is 2.97. The van der Waals surface area contributed by atoms with Crippen LogP contribution >= 0.6 is 0 Å². The summed E-state index contributed by atoms with van der Waals surface area (Å²) >= 11 is 0. The number of nitrogens with zero attached hydrogens (tertiary/aromatic N) is 1. The molecule has 5 heteroatoms. The Balaban J connectivity index is 2.20. The summed E-state index contributed by atoms with van der Waals surface area (Å²) in [7, 11) is 0. The maximum Gasteiger partial charge on any atom is 0.418 e. The van der Waals surface area contributed by atoms with E-state index in [2.05, 4.69) is 5.32 Å². The maximum atomic E-state index is 13.1. The number of anilines is 1. The Bertz CT molecular complexity index is 525. The van der Waals surface area contributed by atoms with Gasteiger partial charge < -0.3 is 5.32 Å². The minimum Gasteiger partial charge on any atom is -0.382 e. The Hall–Kier alpha value is -1.70. The lowest BCUT2D eigenvalue weighted by Gasteiger charge is -2.30. The lowest BCUT2D eigenvalue weighted by atomic mass is 9.84. The lowest BCUT2D eigenvalue weighted by Crippen LogP contribution is -2.28. The number of nitrogens with one attached hydrogen (secondary N) is 1. The second kappa shape index (κ2) is 6.38. The maximum absolute atomic E-state index is 13.1. The Morgan fingerprint density at radius 3 is 2.48 bits per heavy atom. The van der Waals surface area contributed by atoms with Gasteiger partial charge in [0.15, 0.2) is 0 Å². The van der Waals surface area contributed by atoms with Gasteiger partial charge in [0.2, 0.25) is 0 Å². The molecular formula is C16H19F3N2. The first-order valence-corrected chi connectivity index (χ1v) is 7.29. The van der Waals surface area contributed by atoms with Gasteiger partial charge in [0.25, 0.3) is 0 Å². The van der Waals surface area contributed by atoms with Gasteiger partial charge in [-0.15, -0.1) is 0 Å². The summed E-state index contributed by atoms with van der Waals surface area (Å²) in [5.41, 5.74) is -0.665. The topological polar surface area (TPSA) is 35.8 Å². The summed E-state index contributed by atoms with van der Waals surface area (Å²) in [6, 6.07) is 5.45. The quantitative estimate of drug-likeness (QED) is 0.856. The molecule has 0 heterocycles. The minimum absolute atomic E-state index is 0.000615. The summed E-state index contributed by atoms with van der Waals surface area (Å²) < 4.78 is 39.3. The Kier molecular flexibility index (Phi) is 4.76. The highest BCUT2D eigenvalue weighted by Crippen LogP contribution is 2.37. The monoisotopic (exact) mass is 296 g/mol. The zero-order chi connectivity index (χ0) is 15.5. The third kappa shape index (κ3) is 3.90. The summed E-state index contributed by atoms with van der Waals surface area (Å²) in [4.78, 5) is 0. The van der Waals surface area contributed by atoms with Gasteiger partial charge in [-0.3, -0.25) is 0 Å². The normalized spacial score (nSPS) is 18.0. The highest BCUT2D eigenvalue weighted by molar-refractivity contribution is 5.56. The molecule has 1 unspecified atom stereocenters. The molecule has 0 radical (unpaired) electrons. The summed E-state index contributed by atoms with van der Waals surface area (Å²) in [5, 5.41) is 11.8. The lowest BCUT2D eigenvalue weighted by molar-refractivity contribution is -0.137. The zero-order valence-corrected chi connectivity index (χ0v) is 12.0. The number of nitriles is 1. The Morgan fingerprint density at radius 2 is 1.90 bits per heavy atom. The first-order chi connectivity index (χ1) is 9.91. The van der Waals surface area contributed by atoms with Crippen molar-refractivity contribution in [2.24, 2.45) is 5.92 Å². The van der Waals surface area contributed by atoms with Crippen LogP contribution in [0.1, 0.15) is 50.2 Å². The van der Waals surface area contributed by atoms with Crippen molar-refractivity contribution in [2.45, 2.75) is 51.2 Å². The number of rotatable bonds is 3. The van der Waals surface area contributed by atoms with E-state index in [0.29, 0.717) is 5.92 Å². The Labute approximate surface area is 123 Å². The van der Waals surface area contributed by atoms with Crippen LogP contribution in [0.5, 0.6) is 0 Å². The van der Waals surface area contributed by atoms with E-state index in [4.69, 9.17) is 5.26 Å². The standard InChI is InChI=1S/C16H19F3N2/c1-11(13-5-3-2-4-6-13)21-15-8-7-12(10-20)9-14(15)16(17,18)19/h7-9,11,13,21H,2-6H2,1H3. The van der Waals surface area contributed by atoms with Crippen LogP contribution in [0.15, 0.2) is 18.2 Å².